The zero-order valence-electron chi connectivity index (χ0n) is 13.9. The van der Waals surface area contributed by atoms with Crippen molar-refractivity contribution >= 4 is 17.3 Å². The normalized spacial score (nSPS) is 15.7. The lowest BCUT2D eigenvalue weighted by Crippen LogP contribution is -2.19. The van der Waals surface area contributed by atoms with Crippen LogP contribution in [0.5, 0.6) is 0 Å². The van der Waals surface area contributed by atoms with Crippen LogP contribution >= 0.6 is 0 Å². The number of aryl methyl sites for hydroxylation is 1. The molecule has 1 atom stereocenters. The molecule has 0 fully saturated rings. The summed E-state index contributed by atoms with van der Waals surface area (Å²) < 4.78 is 5.37. The van der Waals surface area contributed by atoms with E-state index in [1.807, 2.05) is 19.1 Å². The van der Waals surface area contributed by atoms with Crippen LogP contribution in [0.4, 0.5) is 11.4 Å². The summed E-state index contributed by atoms with van der Waals surface area (Å²) in [4.78, 5) is 15.9. The highest BCUT2D eigenvalue weighted by Crippen LogP contribution is 2.28. The Hall–Kier alpha value is -2.37. The molecule has 2 heterocycles. The fraction of sp³-hybridized carbons (Fsp3) is 0.471. The number of carbonyl (C=O) groups excluding carboxylic acids is 1. The molecule has 1 aliphatic rings. The molecule has 2 aromatic rings. The fourth-order valence-electron chi connectivity index (χ4n) is 2.50. The number of carbonyl (C=O) groups is 1. The molecule has 0 aliphatic carbocycles. The molecule has 0 saturated carbocycles. The van der Waals surface area contributed by atoms with Crippen molar-refractivity contribution in [2.45, 2.75) is 52.0 Å². The van der Waals surface area contributed by atoms with E-state index >= 15 is 0 Å². The smallest absolute Gasteiger partial charge is 0.248 e. The van der Waals surface area contributed by atoms with Crippen LogP contribution in [0.15, 0.2) is 22.7 Å². The zero-order chi connectivity index (χ0) is 16.6. The predicted molar refractivity (Wildman–Crippen MR) is 88.4 cm³/mol. The van der Waals surface area contributed by atoms with Crippen LogP contribution in [0.2, 0.25) is 0 Å². The first kappa shape index (κ1) is 15.5. The van der Waals surface area contributed by atoms with Gasteiger partial charge in [0.1, 0.15) is 6.04 Å². The molecule has 23 heavy (non-hydrogen) atoms. The summed E-state index contributed by atoms with van der Waals surface area (Å²) >= 11 is 0. The van der Waals surface area contributed by atoms with Gasteiger partial charge in [-0.2, -0.15) is 4.98 Å². The van der Waals surface area contributed by atoms with Gasteiger partial charge in [0.15, 0.2) is 5.82 Å². The van der Waals surface area contributed by atoms with Gasteiger partial charge in [-0.15, -0.1) is 0 Å². The number of hydrogen-bond donors (Lipinski definition) is 2. The van der Waals surface area contributed by atoms with Crippen LogP contribution in [-0.4, -0.2) is 16.0 Å². The molecule has 2 N–H and O–H groups in total. The Bertz CT molecular complexity index is 730. The summed E-state index contributed by atoms with van der Waals surface area (Å²) in [6.07, 6.45) is 1.30. The number of aromatic nitrogens is 2. The van der Waals surface area contributed by atoms with Crippen LogP contribution in [0.1, 0.15) is 57.4 Å². The molecule has 0 bridgehead atoms. The summed E-state index contributed by atoms with van der Waals surface area (Å²) in [5.41, 5.74) is 2.88. The van der Waals surface area contributed by atoms with E-state index in [2.05, 4.69) is 47.6 Å². The van der Waals surface area contributed by atoms with Gasteiger partial charge in [-0.25, -0.2) is 0 Å². The van der Waals surface area contributed by atoms with E-state index in [0.29, 0.717) is 18.1 Å². The Morgan fingerprint density at radius 3 is 2.78 bits per heavy atom. The van der Waals surface area contributed by atoms with E-state index in [4.69, 9.17) is 4.52 Å². The Balaban J connectivity index is 1.74. The topological polar surface area (TPSA) is 80.0 Å². The highest BCUT2D eigenvalue weighted by molar-refractivity contribution is 5.94. The summed E-state index contributed by atoms with van der Waals surface area (Å²) in [6.45, 7) is 8.15. The van der Waals surface area contributed by atoms with Gasteiger partial charge >= 0.3 is 0 Å². The average Bonchev–Trinajstić information content (AvgIpc) is 2.97. The molecule has 3 rings (SSSR count). The molecule has 0 spiro atoms. The molecular weight excluding hydrogens is 292 g/mol. The second-order valence-corrected chi connectivity index (χ2v) is 6.99. The van der Waals surface area contributed by atoms with Crippen LogP contribution in [-0.2, 0) is 16.6 Å². The van der Waals surface area contributed by atoms with E-state index in [9.17, 15) is 4.79 Å². The molecule has 6 nitrogen and oxygen atoms in total. The van der Waals surface area contributed by atoms with Crippen molar-refractivity contribution in [1.29, 1.82) is 0 Å². The Labute approximate surface area is 135 Å². The second-order valence-electron chi connectivity index (χ2n) is 6.99. The fourth-order valence-corrected chi connectivity index (χ4v) is 2.50. The van der Waals surface area contributed by atoms with Crippen LogP contribution in [0, 0.1) is 0 Å². The van der Waals surface area contributed by atoms with Gasteiger partial charge in [-0.3, -0.25) is 4.79 Å². The molecule has 1 aromatic carbocycles. The molecular formula is C17H22N4O2. The molecule has 1 aromatic heterocycles. The first-order chi connectivity index (χ1) is 10.8. The van der Waals surface area contributed by atoms with Gasteiger partial charge in [0.05, 0.1) is 0 Å². The monoisotopic (exact) mass is 314 g/mol. The third-order valence-electron chi connectivity index (χ3n) is 3.87. The van der Waals surface area contributed by atoms with Crippen molar-refractivity contribution in [3.63, 3.8) is 0 Å². The Morgan fingerprint density at radius 2 is 2.09 bits per heavy atom. The highest BCUT2D eigenvalue weighted by Gasteiger charge is 2.23. The minimum Gasteiger partial charge on any atom is -0.374 e. The molecule has 0 radical (unpaired) electrons. The van der Waals surface area contributed by atoms with E-state index < -0.39 is 0 Å². The largest absolute Gasteiger partial charge is 0.374 e. The van der Waals surface area contributed by atoms with Crippen molar-refractivity contribution in [3.05, 3.63) is 35.5 Å². The number of benzene rings is 1. The van der Waals surface area contributed by atoms with Gasteiger partial charge in [0, 0.05) is 23.2 Å². The van der Waals surface area contributed by atoms with Crippen LogP contribution < -0.4 is 10.6 Å². The number of nitrogens with one attached hydrogen (secondary N) is 2. The van der Waals surface area contributed by atoms with Gasteiger partial charge in [0.2, 0.25) is 11.8 Å². The first-order valence-corrected chi connectivity index (χ1v) is 7.86. The third-order valence-corrected chi connectivity index (χ3v) is 3.87. The number of anilines is 2. The van der Waals surface area contributed by atoms with Crippen molar-refractivity contribution in [2.75, 3.05) is 10.6 Å². The third kappa shape index (κ3) is 3.36. The molecule has 6 heteroatoms. The highest BCUT2D eigenvalue weighted by atomic mass is 16.5. The van der Waals surface area contributed by atoms with Gasteiger partial charge < -0.3 is 15.2 Å². The second kappa shape index (κ2) is 5.68. The molecule has 0 saturated heterocycles. The molecule has 0 unspecified atom stereocenters. The number of amides is 1. The van der Waals surface area contributed by atoms with Gasteiger partial charge in [-0.1, -0.05) is 25.9 Å². The maximum atomic E-state index is 11.4. The quantitative estimate of drug-likeness (QED) is 0.907. The standard InChI is InChI=1S/C17H22N4O2/c1-10(15-20-16(21-23-15)17(2,3)4)18-12-6-7-13-11(9-12)5-8-14(22)19-13/h6-7,9-10,18H,5,8H2,1-4H3,(H,19,22)/t10-/m1/s1. The van der Waals surface area contributed by atoms with E-state index in [1.165, 1.54) is 0 Å². The van der Waals surface area contributed by atoms with Crippen molar-refractivity contribution in [1.82, 2.24) is 10.1 Å². The maximum Gasteiger partial charge on any atom is 0.248 e. The first-order valence-electron chi connectivity index (χ1n) is 7.86. The van der Waals surface area contributed by atoms with E-state index in [-0.39, 0.29) is 17.4 Å². The van der Waals surface area contributed by atoms with E-state index in [1.54, 1.807) is 0 Å². The lowest BCUT2D eigenvalue weighted by Gasteiger charge is -2.19. The molecule has 1 amide bonds. The Kier molecular flexibility index (Phi) is 3.83. The SMILES string of the molecule is C[C@@H](Nc1ccc2c(c1)CCC(=O)N2)c1nc(C(C)(C)C)no1. The summed E-state index contributed by atoms with van der Waals surface area (Å²) in [5.74, 6) is 1.35. The number of fused-ring (bicyclic) bond motifs is 1. The Morgan fingerprint density at radius 1 is 1.30 bits per heavy atom. The number of rotatable bonds is 3. The minimum absolute atomic E-state index is 0.0761. The molecule has 1 aliphatic heterocycles. The van der Waals surface area contributed by atoms with E-state index in [0.717, 1.165) is 23.4 Å². The maximum absolute atomic E-state index is 11.4. The lowest BCUT2D eigenvalue weighted by molar-refractivity contribution is -0.116. The van der Waals surface area contributed by atoms with Crippen molar-refractivity contribution in [2.24, 2.45) is 0 Å². The minimum atomic E-state index is -0.133. The lowest BCUT2D eigenvalue weighted by atomic mass is 9.96. The number of hydrogen-bond acceptors (Lipinski definition) is 5. The average molecular weight is 314 g/mol. The van der Waals surface area contributed by atoms with Gasteiger partial charge in [-0.05, 0) is 37.1 Å². The van der Waals surface area contributed by atoms with Crippen LogP contribution in [0.25, 0.3) is 0 Å². The van der Waals surface area contributed by atoms with Crippen molar-refractivity contribution in [3.8, 4) is 0 Å². The summed E-state index contributed by atoms with van der Waals surface area (Å²) in [5, 5.41) is 10.3. The summed E-state index contributed by atoms with van der Waals surface area (Å²) in [6, 6.07) is 5.85. The summed E-state index contributed by atoms with van der Waals surface area (Å²) in [7, 11) is 0. The van der Waals surface area contributed by atoms with Gasteiger partial charge in [0.25, 0.3) is 0 Å². The van der Waals surface area contributed by atoms with Crippen molar-refractivity contribution < 1.29 is 9.32 Å². The molecule has 122 valence electrons. The van der Waals surface area contributed by atoms with Crippen LogP contribution in [0.3, 0.4) is 0 Å². The number of nitrogens with zero attached hydrogens (tertiary/aromatic N) is 2. The predicted octanol–water partition coefficient (Wildman–Crippen LogP) is 3.42. The zero-order valence-corrected chi connectivity index (χ0v) is 13.9.